The van der Waals surface area contributed by atoms with E-state index in [4.69, 9.17) is 5.41 Å². The molecular formula is C12H11F4NO. The molecule has 0 amide bonds. The lowest BCUT2D eigenvalue weighted by molar-refractivity contribution is -0.199. The number of ether oxygens (including phenoxy) is 1. The normalized spacial score (nSPS) is 13.1. The Balaban J connectivity index is 2.67. The molecule has 1 aromatic rings. The van der Waals surface area contributed by atoms with Crippen LogP contribution in [-0.2, 0) is 4.74 Å². The van der Waals surface area contributed by atoms with Crippen molar-refractivity contribution in [2.75, 3.05) is 6.61 Å². The molecule has 0 saturated carbocycles. The van der Waals surface area contributed by atoms with Gasteiger partial charge in [-0.15, -0.1) is 6.58 Å². The Morgan fingerprint density at radius 3 is 2.50 bits per heavy atom. The Morgan fingerprint density at radius 1 is 1.39 bits per heavy atom. The van der Waals surface area contributed by atoms with E-state index in [0.717, 1.165) is 6.07 Å². The summed E-state index contributed by atoms with van der Waals surface area (Å²) in [7, 11) is 0. The van der Waals surface area contributed by atoms with Gasteiger partial charge in [0.2, 0.25) is 0 Å². The summed E-state index contributed by atoms with van der Waals surface area (Å²) in [6, 6.07) is 5.34. The van der Waals surface area contributed by atoms with Crippen LogP contribution in [0.4, 0.5) is 17.6 Å². The van der Waals surface area contributed by atoms with E-state index in [-0.39, 0.29) is 11.3 Å². The minimum Gasteiger partial charge on any atom is -0.358 e. The van der Waals surface area contributed by atoms with Gasteiger partial charge in [0.25, 0.3) is 0 Å². The van der Waals surface area contributed by atoms with Crippen molar-refractivity contribution in [1.82, 2.24) is 0 Å². The number of benzene rings is 1. The van der Waals surface area contributed by atoms with Crippen molar-refractivity contribution in [3.05, 3.63) is 48.3 Å². The number of halogens is 4. The van der Waals surface area contributed by atoms with E-state index in [0.29, 0.717) is 6.08 Å². The molecule has 0 heterocycles. The summed E-state index contributed by atoms with van der Waals surface area (Å²) in [6.45, 7) is 2.36. The zero-order chi connectivity index (χ0) is 13.8. The van der Waals surface area contributed by atoms with Gasteiger partial charge in [-0.05, 0) is 6.07 Å². The van der Waals surface area contributed by atoms with Gasteiger partial charge in [-0.25, -0.2) is 4.39 Å². The Hall–Kier alpha value is -1.69. The molecule has 1 atom stereocenters. The molecule has 1 aromatic carbocycles. The van der Waals surface area contributed by atoms with Gasteiger partial charge in [-0.3, -0.25) is 0 Å². The first-order valence-electron chi connectivity index (χ1n) is 4.99. The lowest BCUT2D eigenvalue weighted by atomic mass is 10.1. The van der Waals surface area contributed by atoms with Crippen LogP contribution in [0.3, 0.4) is 0 Å². The first-order valence-corrected chi connectivity index (χ1v) is 4.99. The highest BCUT2D eigenvalue weighted by molar-refractivity contribution is 5.99. The van der Waals surface area contributed by atoms with Crippen LogP contribution in [0.25, 0.3) is 0 Å². The third kappa shape index (κ3) is 3.66. The van der Waals surface area contributed by atoms with Gasteiger partial charge in [-0.2, -0.15) is 13.2 Å². The quantitative estimate of drug-likeness (QED) is 0.492. The van der Waals surface area contributed by atoms with Crippen molar-refractivity contribution < 1.29 is 22.3 Å². The van der Waals surface area contributed by atoms with Crippen molar-refractivity contribution in [2.24, 2.45) is 0 Å². The number of alkyl halides is 3. The Bertz CT molecular complexity index is 442. The van der Waals surface area contributed by atoms with Crippen molar-refractivity contribution in [3.63, 3.8) is 0 Å². The van der Waals surface area contributed by atoms with Crippen molar-refractivity contribution in [1.29, 1.82) is 5.41 Å². The van der Waals surface area contributed by atoms with Crippen LogP contribution < -0.4 is 0 Å². The molecule has 0 aliphatic carbocycles. The minimum absolute atomic E-state index is 0.0810. The van der Waals surface area contributed by atoms with Crippen LogP contribution in [0.2, 0.25) is 0 Å². The van der Waals surface area contributed by atoms with Gasteiger partial charge in [-0.1, -0.05) is 24.3 Å². The summed E-state index contributed by atoms with van der Waals surface area (Å²) >= 11 is 0. The molecule has 0 fully saturated rings. The average molecular weight is 261 g/mol. The number of rotatable bonds is 5. The molecule has 1 N–H and O–H groups in total. The summed E-state index contributed by atoms with van der Waals surface area (Å²) in [5.41, 5.74) is -0.438. The van der Waals surface area contributed by atoms with Gasteiger partial charge in [0.05, 0.1) is 12.3 Å². The fourth-order valence-corrected chi connectivity index (χ4v) is 1.25. The SMILES string of the molecule is C=CC(OCC(=N)c1ccccc1F)C(F)(F)F. The maximum absolute atomic E-state index is 13.2. The molecule has 0 aliphatic rings. The molecule has 6 heteroatoms. The highest BCUT2D eigenvalue weighted by atomic mass is 19.4. The van der Waals surface area contributed by atoms with Crippen LogP contribution in [0.5, 0.6) is 0 Å². The molecule has 1 rings (SSSR count). The molecule has 0 aliphatic heterocycles. The smallest absolute Gasteiger partial charge is 0.358 e. The summed E-state index contributed by atoms with van der Waals surface area (Å²) in [5.74, 6) is -0.673. The van der Waals surface area contributed by atoms with Gasteiger partial charge in [0.1, 0.15) is 5.82 Å². The van der Waals surface area contributed by atoms with Crippen molar-refractivity contribution in [3.8, 4) is 0 Å². The molecule has 18 heavy (non-hydrogen) atoms. The van der Waals surface area contributed by atoms with E-state index in [9.17, 15) is 17.6 Å². The standard InChI is InChI=1S/C12H11F4NO/c1-2-11(12(14,15)16)18-7-10(17)8-5-3-4-6-9(8)13/h2-6,11,17H,1,7H2. The summed E-state index contributed by atoms with van der Waals surface area (Å²) in [6.07, 6.45) is -6.16. The van der Waals surface area contributed by atoms with E-state index < -0.39 is 24.7 Å². The van der Waals surface area contributed by atoms with Crippen molar-refractivity contribution in [2.45, 2.75) is 12.3 Å². The lowest BCUT2D eigenvalue weighted by Gasteiger charge is -2.17. The number of hydrogen-bond donors (Lipinski definition) is 1. The van der Waals surface area contributed by atoms with E-state index >= 15 is 0 Å². The zero-order valence-corrected chi connectivity index (χ0v) is 9.30. The van der Waals surface area contributed by atoms with Crippen LogP contribution in [0, 0.1) is 11.2 Å². The number of nitrogens with one attached hydrogen (secondary N) is 1. The Labute approximate surface area is 101 Å². The van der Waals surface area contributed by atoms with Crippen LogP contribution in [0.15, 0.2) is 36.9 Å². The third-order valence-electron chi connectivity index (χ3n) is 2.14. The first kappa shape index (κ1) is 14.4. The molecule has 0 bridgehead atoms. The summed E-state index contributed by atoms with van der Waals surface area (Å²) in [4.78, 5) is 0. The second kappa shape index (κ2) is 5.77. The molecule has 0 aromatic heterocycles. The molecular weight excluding hydrogens is 250 g/mol. The minimum atomic E-state index is -4.59. The third-order valence-corrected chi connectivity index (χ3v) is 2.14. The molecule has 0 radical (unpaired) electrons. The zero-order valence-electron chi connectivity index (χ0n) is 9.30. The second-order valence-electron chi connectivity index (χ2n) is 3.47. The fraction of sp³-hybridized carbons (Fsp3) is 0.250. The Morgan fingerprint density at radius 2 is 2.00 bits per heavy atom. The number of hydrogen-bond acceptors (Lipinski definition) is 2. The van der Waals surface area contributed by atoms with E-state index in [1.807, 2.05) is 0 Å². The van der Waals surface area contributed by atoms with Gasteiger partial charge < -0.3 is 10.1 Å². The topological polar surface area (TPSA) is 33.1 Å². The van der Waals surface area contributed by atoms with Crippen molar-refractivity contribution >= 4 is 5.71 Å². The van der Waals surface area contributed by atoms with Gasteiger partial charge >= 0.3 is 6.18 Å². The summed E-state index contributed by atoms with van der Waals surface area (Å²) in [5, 5.41) is 7.48. The summed E-state index contributed by atoms with van der Waals surface area (Å²) < 4.78 is 54.7. The van der Waals surface area contributed by atoms with E-state index in [2.05, 4.69) is 11.3 Å². The highest BCUT2D eigenvalue weighted by Crippen LogP contribution is 2.23. The van der Waals surface area contributed by atoms with Crippen LogP contribution in [-0.4, -0.2) is 24.6 Å². The Kier molecular flexibility index (Phi) is 4.61. The second-order valence-corrected chi connectivity index (χ2v) is 3.47. The van der Waals surface area contributed by atoms with Gasteiger partial charge in [0, 0.05) is 5.56 Å². The molecule has 1 unspecified atom stereocenters. The molecule has 0 saturated heterocycles. The maximum Gasteiger partial charge on any atom is 0.418 e. The predicted octanol–water partition coefficient (Wildman–Crippen LogP) is 3.33. The first-order chi connectivity index (χ1) is 8.36. The fourth-order valence-electron chi connectivity index (χ4n) is 1.25. The molecule has 2 nitrogen and oxygen atoms in total. The monoisotopic (exact) mass is 261 g/mol. The van der Waals surface area contributed by atoms with Gasteiger partial charge in [0.15, 0.2) is 6.10 Å². The van der Waals surface area contributed by atoms with Crippen LogP contribution in [0.1, 0.15) is 5.56 Å². The van der Waals surface area contributed by atoms with E-state index in [1.54, 1.807) is 0 Å². The highest BCUT2D eigenvalue weighted by Gasteiger charge is 2.38. The largest absolute Gasteiger partial charge is 0.418 e. The predicted molar refractivity (Wildman–Crippen MR) is 59.2 cm³/mol. The molecule has 0 spiro atoms. The lowest BCUT2D eigenvalue weighted by Crippen LogP contribution is -2.31. The molecule has 98 valence electrons. The van der Waals surface area contributed by atoms with Crippen LogP contribution >= 0.6 is 0 Å². The average Bonchev–Trinajstić information content (AvgIpc) is 2.28. The maximum atomic E-state index is 13.2. The van der Waals surface area contributed by atoms with E-state index in [1.165, 1.54) is 18.2 Å².